The zero-order chi connectivity index (χ0) is 41.5. The van der Waals surface area contributed by atoms with Crippen LogP contribution in [-0.4, -0.2) is 46.1 Å². The second kappa shape index (κ2) is 13.8. The summed E-state index contributed by atoms with van der Waals surface area (Å²) in [6.07, 6.45) is 1.68. The fourth-order valence-corrected chi connectivity index (χ4v) is 14.5. The largest absolute Gasteiger partial charge is 0.295 e. The van der Waals surface area contributed by atoms with E-state index in [0.717, 1.165) is 66.5 Å². The zero-order valence-corrected chi connectivity index (χ0v) is 34.9. The number of aromatic nitrogens is 8. The van der Waals surface area contributed by atoms with E-state index in [1.165, 1.54) is 26.5 Å². The van der Waals surface area contributed by atoms with E-state index in [1.54, 1.807) is 6.33 Å². The lowest BCUT2D eigenvalue weighted by atomic mass is 10.1. The number of hydrogen-bond donors (Lipinski definition) is 0. The zero-order valence-electron chi connectivity index (χ0n) is 33.9. The lowest BCUT2D eigenvalue weighted by Gasteiger charge is -2.32. The van der Waals surface area contributed by atoms with Gasteiger partial charge in [-0.05, 0) is 76.2 Å². The summed E-state index contributed by atoms with van der Waals surface area (Å²) >= 11 is 0. The maximum atomic E-state index is 5.60. The Hall–Kier alpha value is -8.40. The molecule has 0 radical (unpaired) electrons. The molecular weight excluding hydrogens is 789 g/mol. The first-order valence-corrected chi connectivity index (χ1v) is 23.2. The van der Waals surface area contributed by atoms with Crippen molar-refractivity contribution in [2.24, 2.45) is 0 Å². The molecule has 0 saturated heterocycles. The Bertz CT molecular complexity index is 3830. The fraction of sp³-hybridized carbons (Fsp3) is 0. The quantitative estimate of drug-likeness (QED) is 0.119. The Morgan fingerprint density at radius 2 is 0.905 bits per heavy atom. The van der Waals surface area contributed by atoms with Gasteiger partial charge in [0.15, 0.2) is 0 Å². The van der Waals surface area contributed by atoms with E-state index in [4.69, 9.17) is 19.9 Å². The molecule has 13 aromatic rings. The minimum atomic E-state index is -3.32. The SMILES string of the molecule is c1ccc(-n2c3ccccc3c3c4ccccc4n(-c4cccc([Si](c5ccccc5)(c5ccccc5)c5ncnc(-n6c7ccccc7n7c8ccccc8nc67)n5)c4)c32)cc1. The molecule has 13 rings (SSSR count). The topological polar surface area (TPSA) is 70.8 Å². The summed E-state index contributed by atoms with van der Waals surface area (Å²) in [4.78, 5) is 20.9. The summed E-state index contributed by atoms with van der Waals surface area (Å²) in [5, 5.41) is 7.13. The van der Waals surface area contributed by atoms with Gasteiger partial charge in [-0.25, -0.2) is 24.5 Å². The van der Waals surface area contributed by atoms with Gasteiger partial charge in [-0.15, -0.1) is 0 Å². The highest BCUT2D eigenvalue weighted by Crippen LogP contribution is 2.40. The van der Waals surface area contributed by atoms with Crippen molar-refractivity contribution >= 4 is 89.8 Å². The van der Waals surface area contributed by atoms with Gasteiger partial charge in [0.05, 0.1) is 33.1 Å². The molecule has 0 aliphatic carbocycles. The van der Waals surface area contributed by atoms with E-state index in [2.05, 4.69) is 224 Å². The number of hydrogen-bond acceptors (Lipinski definition) is 4. The highest BCUT2D eigenvalue weighted by atomic mass is 28.3. The van der Waals surface area contributed by atoms with Gasteiger partial charge in [-0.2, -0.15) is 0 Å². The maximum Gasteiger partial charge on any atom is 0.239 e. The molecule has 0 spiro atoms. The Morgan fingerprint density at radius 3 is 1.59 bits per heavy atom. The van der Waals surface area contributed by atoms with Crippen molar-refractivity contribution in [3.05, 3.63) is 219 Å². The molecule has 0 unspecified atom stereocenters. The van der Waals surface area contributed by atoms with Gasteiger partial charge >= 0.3 is 0 Å². The number of rotatable bonds is 7. The van der Waals surface area contributed by atoms with Crippen LogP contribution in [0.4, 0.5) is 0 Å². The molecule has 9 heteroatoms. The summed E-state index contributed by atoms with van der Waals surface area (Å²) in [5.41, 5.74) is 10.3. The molecule has 8 aromatic carbocycles. The van der Waals surface area contributed by atoms with Crippen LogP contribution < -0.4 is 21.0 Å². The van der Waals surface area contributed by atoms with E-state index < -0.39 is 8.07 Å². The van der Waals surface area contributed by atoms with Crippen molar-refractivity contribution in [1.82, 2.24) is 38.0 Å². The first-order chi connectivity index (χ1) is 31.3. The van der Waals surface area contributed by atoms with E-state index in [-0.39, 0.29) is 0 Å². The Labute approximate surface area is 362 Å². The number of nitrogens with zero attached hydrogens (tertiary/aromatic N) is 8. The van der Waals surface area contributed by atoms with Crippen molar-refractivity contribution in [1.29, 1.82) is 0 Å². The molecule has 0 aliphatic heterocycles. The van der Waals surface area contributed by atoms with Crippen molar-refractivity contribution < 1.29 is 0 Å². The van der Waals surface area contributed by atoms with E-state index in [0.29, 0.717) is 5.95 Å². The summed E-state index contributed by atoms with van der Waals surface area (Å²) < 4.78 is 9.14. The summed E-state index contributed by atoms with van der Waals surface area (Å²) in [5.74, 6) is 1.27. The summed E-state index contributed by atoms with van der Waals surface area (Å²) in [7, 11) is -3.32. The molecule has 0 bridgehead atoms. The van der Waals surface area contributed by atoms with Gasteiger partial charge < -0.3 is 0 Å². The van der Waals surface area contributed by atoms with Crippen molar-refractivity contribution in [2.45, 2.75) is 0 Å². The second-order valence-corrected chi connectivity index (χ2v) is 19.6. The Morgan fingerprint density at radius 1 is 0.381 bits per heavy atom. The summed E-state index contributed by atoms with van der Waals surface area (Å²) in [6.45, 7) is 0. The van der Waals surface area contributed by atoms with Crippen LogP contribution in [0, 0.1) is 0 Å². The first-order valence-electron chi connectivity index (χ1n) is 21.2. The van der Waals surface area contributed by atoms with E-state index in [1.807, 2.05) is 6.07 Å². The first kappa shape index (κ1) is 35.4. The smallest absolute Gasteiger partial charge is 0.239 e. The molecule has 0 N–H and O–H groups in total. The highest BCUT2D eigenvalue weighted by molar-refractivity contribution is 7.19. The molecule has 5 heterocycles. The minimum Gasteiger partial charge on any atom is -0.295 e. The minimum absolute atomic E-state index is 0.520. The van der Waals surface area contributed by atoms with Crippen LogP contribution in [0.1, 0.15) is 0 Å². The monoisotopic (exact) mass is 824 g/mol. The van der Waals surface area contributed by atoms with Crippen LogP contribution in [0.15, 0.2) is 219 Å². The third-order valence-electron chi connectivity index (χ3n) is 12.6. The number of para-hydroxylation sites is 7. The van der Waals surface area contributed by atoms with E-state index >= 15 is 0 Å². The Balaban J connectivity index is 1.12. The molecule has 8 nitrogen and oxygen atoms in total. The molecule has 0 fully saturated rings. The van der Waals surface area contributed by atoms with Crippen molar-refractivity contribution in [2.75, 3.05) is 0 Å². The van der Waals surface area contributed by atoms with Gasteiger partial charge in [-0.1, -0.05) is 152 Å². The molecule has 0 atom stereocenters. The maximum absolute atomic E-state index is 5.60. The normalized spacial score (nSPS) is 12.1. The van der Waals surface area contributed by atoms with E-state index in [9.17, 15) is 0 Å². The third-order valence-corrected chi connectivity index (χ3v) is 17.1. The summed E-state index contributed by atoms with van der Waals surface area (Å²) in [6, 6.07) is 75.6. The van der Waals surface area contributed by atoms with Crippen molar-refractivity contribution in [3.8, 4) is 17.3 Å². The third kappa shape index (κ3) is 5.08. The van der Waals surface area contributed by atoms with Crippen LogP contribution in [0.25, 0.3) is 78.0 Å². The van der Waals surface area contributed by atoms with Crippen LogP contribution in [0.2, 0.25) is 0 Å². The van der Waals surface area contributed by atoms with Crippen LogP contribution in [0.3, 0.4) is 0 Å². The number of benzene rings is 8. The molecule has 0 aliphatic rings. The lowest BCUT2D eigenvalue weighted by molar-refractivity contribution is 0.943. The lowest BCUT2D eigenvalue weighted by Crippen LogP contribution is -2.76. The molecule has 5 aromatic heterocycles. The van der Waals surface area contributed by atoms with Gasteiger partial charge in [-0.3, -0.25) is 13.5 Å². The van der Waals surface area contributed by atoms with Gasteiger partial charge in [0.2, 0.25) is 19.8 Å². The van der Waals surface area contributed by atoms with Gasteiger partial charge in [0.1, 0.15) is 17.4 Å². The average molecular weight is 825 g/mol. The average Bonchev–Trinajstić information content (AvgIpc) is 4.09. The molecule has 63 heavy (non-hydrogen) atoms. The second-order valence-electron chi connectivity index (χ2n) is 15.9. The number of fused-ring (bicyclic) bond motifs is 10. The molecule has 0 amide bonds. The highest BCUT2D eigenvalue weighted by Gasteiger charge is 2.45. The van der Waals surface area contributed by atoms with Crippen LogP contribution in [0.5, 0.6) is 0 Å². The van der Waals surface area contributed by atoms with Gasteiger partial charge in [0, 0.05) is 27.5 Å². The standard InChI is InChI=1S/C54H36N8Si/c1-4-19-37(20-5-1)59-45-30-13-10-27-42(45)50-43-28-11-14-31-46(43)60(51(50)59)38-21-18-26-41(35-38)63(39-22-6-2-7-23-39,40-24-8-3-9-25-40)53-56-36-55-52(58-53)62-49-34-17-16-33-48(49)61-47-32-15-12-29-44(47)57-54(61)62/h1-36H. The van der Waals surface area contributed by atoms with Crippen LogP contribution in [-0.2, 0) is 0 Å². The van der Waals surface area contributed by atoms with Crippen LogP contribution >= 0.6 is 0 Å². The predicted octanol–water partition coefficient (Wildman–Crippen LogP) is 9.03. The molecule has 0 saturated carbocycles. The predicted molar refractivity (Wildman–Crippen MR) is 258 cm³/mol. The molecular formula is C54H36N8Si. The fourth-order valence-electron chi connectivity index (χ4n) is 10.1. The van der Waals surface area contributed by atoms with Crippen molar-refractivity contribution in [3.63, 3.8) is 0 Å². The van der Waals surface area contributed by atoms with Gasteiger partial charge in [0.25, 0.3) is 0 Å². The number of imidazole rings is 2. The Kier molecular flexibility index (Phi) is 7.75. The molecule has 296 valence electrons.